The first kappa shape index (κ1) is 14.5. The first-order valence-corrected chi connectivity index (χ1v) is 3.67. The van der Waals surface area contributed by atoms with Gasteiger partial charge in [-0.15, -0.1) is 12.3 Å². The maximum Gasteiger partial charge on any atom is 1.00 e. The fourth-order valence-corrected chi connectivity index (χ4v) is 0.663. The fourth-order valence-electron chi connectivity index (χ4n) is 0.663. The smallest absolute Gasteiger partial charge is 0.876 e. The molecule has 0 unspecified atom stereocenters. The number of ether oxygens (including phenoxy) is 1. The van der Waals surface area contributed by atoms with Crippen LogP contribution in [0, 0.1) is 0 Å². The predicted octanol–water partition coefficient (Wildman–Crippen LogP) is -2.40. The Bertz CT molecular complexity index is 145. The number of carbonyl (C=O) groups excluding carboxylic acids is 1. The number of hydrogen-bond acceptors (Lipinski definition) is 3. The van der Waals surface area contributed by atoms with E-state index >= 15 is 0 Å². The minimum Gasteiger partial charge on any atom is -0.876 e. The van der Waals surface area contributed by atoms with Gasteiger partial charge in [0.25, 0.3) is 0 Å². The molecule has 0 saturated heterocycles. The molecule has 0 spiro atoms. The summed E-state index contributed by atoms with van der Waals surface area (Å²) in [6.07, 6.45) is 1.22. The molecule has 0 atom stereocenters. The number of hydrogen-bond donors (Lipinski definition) is 0. The van der Waals surface area contributed by atoms with Gasteiger partial charge in [-0.2, -0.15) is 0 Å². The van der Waals surface area contributed by atoms with Gasteiger partial charge in [-0.05, 0) is 19.8 Å². The molecule has 0 rings (SSSR count). The molecule has 0 saturated carbocycles. The van der Waals surface area contributed by atoms with E-state index in [1.165, 1.54) is 0 Å². The fraction of sp³-hybridized carbons (Fsp3) is 0.625. The summed E-state index contributed by atoms with van der Waals surface area (Å²) in [5, 5.41) is 10.3. The van der Waals surface area contributed by atoms with Crippen LogP contribution in [0.25, 0.3) is 0 Å². The summed E-state index contributed by atoms with van der Waals surface area (Å²) < 4.78 is 4.65. The molecule has 3 nitrogen and oxygen atoms in total. The first-order chi connectivity index (χ1) is 5.16. The van der Waals surface area contributed by atoms with Crippen molar-refractivity contribution in [2.24, 2.45) is 0 Å². The van der Waals surface area contributed by atoms with E-state index in [4.69, 9.17) is 0 Å². The molecule has 0 bridgehead atoms. The molecule has 64 valence electrons. The number of carbonyl (C=O) groups is 1. The van der Waals surface area contributed by atoms with E-state index in [9.17, 15) is 9.90 Å². The average Bonchev–Trinajstić information content (AvgIpc) is 1.87. The third-order valence-electron chi connectivity index (χ3n) is 1.14. The molecule has 0 heterocycles. The van der Waals surface area contributed by atoms with Crippen molar-refractivity contribution in [3.05, 3.63) is 12.3 Å². The Kier molecular flexibility index (Phi) is 11.0. The zero-order valence-corrected chi connectivity index (χ0v) is 9.76. The Hall–Kier alpha value is 0.0100. The summed E-state index contributed by atoms with van der Waals surface area (Å²) in [5.41, 5.74) is 0. The van der Waals surface area contributed by atoms with E-state index in [0.29, 0.717) is 25.9 Å². The second-order valence-electron chi connectivity index (χ2n) is 2.20. The van der Waals surface area contributed by atoms with Gasteiger partial charge in [-0.3, -0.25) is 4.79 Å². The van der Waals surface area contributed by atoms with E-state index in [0.717, 1.165) is 0 Å². The maximum atomic E-state index is 10.7. The van der Waals surface area contributed by atoms with Crippen LogP contribution in [0.5, 0.6) is 0 Å². The molecule has 12 heavy (non-hydrogen) atoms. The van der Waals surface area contributed by atoms with Gasteiger partial charge in [0.05, 0.1) is 6.61 Å². The van der Waals surface area contributed by atoms with Gasteiger partial charge in [0, 0.05) is 6.42 Å². The van der Waals surface area contributed by atoms with Crippen molar-refractivity contribution in [3.8, 4) is 0 Å². The predicted molar refractivity (Wildman–Crippen MR) is 39.6 cm³/mol. The van der Waals surface area contributed by atoms with Crippen molar-refractivity contribution in [2.75, 3.05) is 6.61 Å². The minimum absolute atomic E-state index is 0. The van der Waals surface area contributed by atoms with E-state index in [2.05, 4.69) is 11.3 Å². The van der Waals surface area contributed by atoms with E-state index in [-0.39, 0.29) is 41.3 Å². The van der Waals surface area contributed by atoms with Crippen LogP contribution in [0.3, 0.4) is 0 Å². The molecule has 0 aliphatic rings. The van der Waals surface area contributed by atoms with Gasteiger partial charge in [0.1, 0.15) is 0 Å². The zero-order valence-electron chi connectivity index (χ0n) is 7.76. The maximum absolute atomic E-state index is 10.7. The number of esters is 1. The van der Waals surface area contributed by atoms with Crippen molar-refractivity contribution < 1.29 is 44.2 Å². The van der Waals surface area contributed by atoms with E-state index < -0.39 is 0 Å². The third-order valence-corrected chi connectivity index (χ3v) is 1.14. The van der Waals surface area contributed by atoms with E-state index in [1.807, 2.05) is 0 Å². The van der Waals surface area contributed by atoms with Crippen molar-refractivity contribution >= 4 is 5.97 Å². The Labute approximate surface area is 95.1 Å². The molecule has 0 aromatic carbocycles. The number of rotatable bonds is 5. The van der Waals surface area contributed by atoms with Crippen molar-refractivity contribution in [1.82, 2.24) is 0 Å². The van der Waals surface area contributed by atoms with Gasteiger partial charge in [-0.25, -0.2) is 0 Å². The SMILES string of the molecule is C=C([O-])CCCC(=O)OCC.[Na+]. The molecule has 0 N–H and O–H groups in total. The molecule has 0 aliphatic carbocycles. The van der Waals surface area contributed by atoms with Crippen molar-refractivity contribution in [2.45, 2.75) is 26.2 Å². The van der Waals surface area contributed by atoms with Crippen LogP contribution in [0.2, 0.25) is 0 Å². The second kappa shape index (κ2) is 9.10. The minimum atomic E-state index is -0.242. The molecular weight excluding hydrogens is 167 g/mol. The molecule has 4 heteroatoms. The Morgan fingerprint density at radius 2 is 2.08 bits per heavy atom. The van der Waals surface area contributed by atoms with Crippen LogP contribution < -0.4 is 34.7 Å². The molecule has 0 fully saturated rings. The Balaban J connectivity index is 0. The van der Waals surface area contributed by atoms with Gasteiger partial charge in [-0.1, -0.05) is 0 Å². The zero-order chi connectivity index (χ0) is 8.69. The van der Waals surface area contributed by atoms with E-state index in [1.54, 1.807) is 6.92 Å². The largest absolute Gasteiger partial charge is 1.00 e. The summed E-state index contributed by atoms with van der Waals surface area (Å²) in [7, 11) is 0. The van der Waals surface area contributed by atoms with Crippen molar-refractivity contribution in [1.29, 1.82) is 0 Å². The van der Waals surface area contributed by atoms with Gasteiger partial charge < -0.3 is 9.84 Å². The number of allylic oxidation sites excluding steroid dienone is 1. The van der Waals surface area contributed by atoms with Crippen molar-refractivity contribution in [3.63, 3.8) is 0 Å². The summed E-state index contributed by atoms with van der Waals surface area (Å²) >= 11 is 0. The Morgan fingerprint density at radius 1 is 1.50 bits per heavy atom. The van der Waals surface area contributed by atoms with Crippen LogP contribution in [0.1, 0.15) is 26.2 Å². The Morgan fingerprint density at radius 3 is 2.50 bits per heavy atom. The third kappa shape index (κ3) is 10.0. The monoisotopic (exact) mass is 180 g/mol. The van der Waals surface area contributed by atoms with Crippen LogP contribution in [-0.4, -0.2) is 12.6 Å². The summed E-state index contributed by atoms with van der Waals surface area (Å²) in [4.78, 5) is 10.7. The molecule has 0 radical (unpaired) electrons. The van der Waals surface area contributed by atoms with Crippen LogP contribution in [0.15, 0.2) is 12.3 Å². The second-order valence-corrected chi connectivity index (χ2v) is 2.20. The van der Waals surface area contributed by atoms with Crippen LogP contribution in [0.4, 0.5) is 0 Å². The molecule has 0 aromatic heterocycles. The average molecular weight is 180 g/mol. The molecule has 0 aliphatic heterocycles. The normalized spacial score (nSPS) is 8.42. The quantitative estimate of drug-likeness (QED) is 0.269. The van der Waals surface area contributed by atoms with Crippen LogP contribution in [-0.2, 0) is 9.53 Å². The molecule has 0 aromatic rings. The topological polar surface area (TPSA) is 49.4 Å². The first-order valence-electron chi connectivity index (χ1n) is 3.67. The summed E-state index contributed by atoms with van der Waals surface area (Å²) in [5.74, 6) is -0.372. The summed E-state index contributed by atoms with van der Waals surface area (Å²) in [6, 6.07) is 0. The standard InChI is InChI=1S/C8H14O3.Na/c1-3-11-8(10)6-4-5-7(2)9;/h9H,2-6H2,1H3;/q;+1/p-1. The van der Waals surface area contributed by atoms with Gasteiger partial charge in [0.2, 0.25) is 0 Å². The molecule has 0 amide bonds. The van der Waals surface area contributed by atoms with Gasteiger partial charge in [0.15, 0.2) is 0 Å². The summed E-state index contributed by atoms with van der Waals surface area (Å²) in [6.45, 7) is 5.34. The molecular formula is C8H13NaO3. The van der Waals surface area contributed by atoms with Gasteiger partial charge >= 0.3 is 35.5 Å². The van der Waals surface area contributed by atoms with Crippen LogP contribution >= 0.6 is 0 Å².